The molecule has 3 amide bonds. The van der Waals surface area contributed by atoms with Crippen molar-refractivity contribution < 1.29 is 14.3 Å². The minimum absolute atomic E-state index is 0.197. The molecule has 1 aliphatic rings. The maximum atomic E-state index is 11.1. The first-order valence-electron chi connectivity index (χ1n) is 4.06. The fourth-order valence-corrected chi connectivity index (χ4v) is 0.905. The largest absolute Gasteiger partial charge is 0.381 e. The summed E-state index contributed by atoms with van der Waals surface area (Å²) in [5, 5.41) is 2.31. The number of nitrogens with one attached hydrogen (secondary N) is 3. The molecule has 0 saturated carbocycles. The van der Waals surface area contributed by atoms with E-state index in [2.05, 4.69) is 16.2 Å². The summed E-state index contributed by atoms with van der Waals surface area (Å²) in [6, 6.07) is -0.432. The Morgan fingerprint density at radius 3 is 2.54 bits per heavy atom. The van der Waals surface area contributed by atoms with Crippen LogP contribution in [0.3, 0.4) is 0 Å². The number of carbonyl (C=O) groups excluding carboxylic acids is 2. The Bertz CT molecular complexity index is 203. The number of hydrazine groups is 1. The lowest BCUT2D eigenvalue weighted by Gasteiger charge is -2.25. The molecule has 1 aliphatic heterocycles. The van der Waals surface area contributed by atoms with Crippen LogP contribution >= 0.6 is 0 Å². The lowest BCUT2D eigenvalue weighted by atomic mass is 10.0. The first-order valence-corrected chi connectivity index (χ1v) is 4.06. The van der Waals surface area contributed by atoms with Crippen LogP contribution in [0.5, 0.6) is 0 Å². The van der Waals surface area contributed by atoms with Crippen molar-refractivity contribution in [2.75, 3.05) is 20.3 Å². The van der Waals surface area contributed by atoms with Gasteiger partial charge in [0.25, 0.3) is 0 Å². The van der Waals surface area contributed by atoms with E-state index in [4.69, 9.17) is 4.74 Å². The molecule has 1 saturated heterocycles. The molecule has 0 atom stereocenters. The third-order valence-corrected chi connectivity index (χ3v) is 1.72. The molecule has 0 aromatic rings. The highest BCUT2D eigenvalue weighted by atomic mass is 16.5. The monoisotopic (exact) mass is 187 g/mol. The molecule has 0 radical (unpaired) electrons. The molecule has 3 N–H and O–H groups in total. The average molecular weight is 187 g/mol. The van der Waals surface area contributed by atoms with Crippen molar-refractivity contribution in [1.29, 1.82) is 0 Å². The van der Waals surface area contributed by atoms with Crippen LogP contribution < -0.4 is 16.2 Å². The normalized spacial score (nSPS) is 15.8. The van der Waals surface area contributed by atoms with Gasteiger partial charge in [0.1, 0.15) is 0 Å². The van der Waals surface area contributed by atoms with Crippen LogP contribution in [0, 0.1) is 5.92 Å². The molecule has 0 aromatic carbocycles. The van der Waals surface area contributed by atoms with E-state index in [1.165, 1.54) is 7.05 Å². The van der Waals surface area contributed by atoms with Gasteiger partial charge in [-0.15, -0.1) is 0 Å². The maximum absolute atomic E-state index is 11.1. The van der Waals surface area contributed by atoms with Gasteiger partial charge in [0.15, 0.2) is 0 Å². The van der Waals surface area contributed by atoms with E-state index in [1.807, 2.05) is 0 Å². The van der Waals surface area contributed by atoms with Crippen molar-refractivity contribution in [3.05, 3.63) is 0 Å². The van der Waals surface area contributed by atoms with Crippen molar-refractivity contribution in [1.82, 2.24) is 16.2 Å². The Kier molecular flexibility index (Phi) is 3.51. The molecule has 1 heterocycles. The van der Waals surface area contributed by atoms with E-state index < -0.39 is 6.03 Å². The highest BCUT2D eigenvalue weighted by Crippen LogP contribution is 2.13. The van der Waals surface area contributed by atoms with Gasteiger partial charge in [-0.3, -0.25) is 10.2 Å². The molecule has 0 aliphatic carbocycles. The van der Waals surface area contributed by atoms with Crippen molar-refractivity contribution >= 4 is 11.9 Å². The summed E-state index contributed by atoms with van der Waals surface area (Å²) < 4.78 is 4.90. The Morgan fingerprint density at radius 2 is 2.08 bits per heavy atom. The minimum atomic E-state index is -0.432. The summed E-state index contributed by atoms with van der Waals surface area (Å²) >= 11 is 0. The molecule has 0 spiro atoms. The third kappa shape index (κ3) is 3.29. The Balaban J connectivity index is 2.06. The second-order valence-electron chi connectivity index (χ2n) is 2.86. The second-order valence-corrected chi connectivity index (χ2v) is 2.86. The van der Waals surface area contributed by atoms with Gasteiger partial charge in [0.05, 0.1) is 13.2 Å². The zero-order chi connectivity index (χ0) is 9.68. The third-order valence-electron chi connectivity index (χ3n) is 1.72. The summed E-state index contributed by atoms with van der Waals surface area (Å²) in [6.45, 7) is 1.26. The van der Waals surface area contributed by atoms with Gasteiger partial charge >= 0.3 is 6.03 Å². The van der Waals surface area contributed by atoms with E-state index >= 15 is 0 Å². The molecular weight excluding hydrogens is 174 g/mol. The van der Waals surface area contributed by atoms with Gasteiger partial charge in [-0.1, -0.05) is 0 Å². The number of amides is 3. The fourth-order valence-electron chi connectivity index (χ4n) is 0.905. The molecule has 74 valence electrons. The van der Waals surface area contributed by atoms with Crippen LogP contribution in [0.1, 0.15) is 6.42 Å². The van der Waals surface area contributed by atoms with Gasteiger partial charge in [-0.05, 0) is 0 Å². The van der Waals surface area contributed by atoms with Crippen molar-refractivity contribution in [3.63, 3.8) is 0 Å². The number of ether oxygens (including phenoxy) is 1. The van der Waals surface area contributed by atoms with E-state index in [9.17, 15) is 9.59 Å². The molecule has 6 heteroatoms. The quantitative estimate of drug-likeness (QED) is 0.484. The zero-order valence-corrected chi connectivity index (χ0v) is 7.42. The smallest absolute Gasteiger partial charge is 0.333 e. The van der Waals surface area contributed by atoms with Crippen LogP contribution in [-0.4, -0.2) is 32.2 Å². The van der Waals surface area contributed by atoms with E-state index in [-0.39, 0.29) is 5.91 Å². The first-order chi connectivity index (χ1) is 6.22. The zero-order valence-electron chi connectivity index (χ0n) is 7.42. The van der Waals surface area contributed by atoms with E-state index in [1.54, 1.807) is 0 Å². The van der Waals surface area contributed by atoms with Crippen LogP contribution in [0.2, 0.25) is 0 Å². The predicted molar refractivity (Wildman–Crippen MR) is 44.7 cm³/mol. The molecule has 0 unspecified atom stereocenters. The number of hydrogen-bond donors (Lipinski definition) is 3. The second kappa shape index (κ2) is 4.66. The first kappa shape index (κ1) is 9.79. The van der Waals surface area contributed by atoms with Gasteiger partial charge in [0.2, 0.25) is 5.91 Å². The fraction of sp³-hybridized carbons (Fsp3) is 0.714. The predicted octanol–water partition coefficient (Wildman–Crippen LogP) is -1.02. The molecule has 13 heavy (non-hydrogen) atoms. The lowest BCUT2D eigenvalue weighted by molar-refractivity contribution is -0.127. The van der Waals surface area contributed by atoms with Crippen LogP contribution in [0.15, 0.2) is 0 Å². The highest BCUT2D eigenvalue weighted by molar-refractivity contribution is 5.81. The van der Waals surface area contributed by atoms with Gasteiger partial charge in [-0.2, -0.15) is 0 Å². The SMILES string of the molecule is CNC(=O)NNC(=O)CC1COC1. The molecule has 1 fully saturated rings. The van der Waals surface area contributed by atoms with Crippen LogP contribution in [-0.2, 0) is 9.53 Å². The molecule has 6 nitrogen and oxygen atoms in total. The lowest BCUT2D eigenvalue weighted by Crippen LogP contribution is -2.47. The minimum Gasteiger partial charge on any atom is -0.381 e. The van der Waals surface area contributed by atoms with Gasteiger partial charge in [0, 0.05) is 19.4 Å². The van der Waals surface area contributed by atoms with Crippen molar-refractivity contribution in [3.8, 4) is 0 Å². The summed E-state index contributed by atoms with van der Waals surface area (Å²) in [7, 11) is 1.47. The average Bonchev–Trinajstić information content (AvgIpc) is 2.07. The topological polar surface area (TPSA) is 79.5 Å². The Morgan fingerprint density at radius 1 is 1.38 bits per heavy atom. The Labute approximate surface area is 76.0 Å². The highest BCUT2D eigenvalue weighted by Gasteiger charge is 2.21. The van der Waals surface area contributed by atoms with Crippen LogP contribution in [0.4, 0.5) is 4.79 Å². The Hall–Kier alpha value is -1.30. The molecule has 0 bridgehead atoms. The van der Waals surface area contributed by atoms with Gasteiger partial charge in [-0.25, -0.2) is 10.2 Å². The van der Waals surface area contributed by atoms with Crippen molar-refractivity contribution in [2.45, 2.75) is 6.42 Å². The summed E-state index contributed by atoms with van der Waals surface area (Å²) in [5.41, 5.74) is 4.47. The van der Waals surface area contributed by atoms with Crippen LogP contribution in [0.25, 0.3) is 0 Å². The van der Waals surface area contributed by atoms with E-state index in [0.717, 1.165) is 0 Å². The standard InChI is InChI=1S/C7H13N3O3/c1-8-7(12)10-9-6(11)2-5-3-13-4-5/h5H,2-4H2,1H3,(H,9,11)(H2,8,10,12). The maximum Gasteiger partial charge on any atom is 0.333 e. The number of rotatable bonds is 2. The summed E-state index contributed by atoms with van der Waals surface area (Å²) in [4.78, 5) is 21.7. The number of carbonyl (C=O) groups is 2. The molecular formula is C7H13N3O3. The summed E-state index contributed by atoms with van der Waals surface area (Å²) in [6.07, 6.45) is 0.393. The molecule has 0 aromatic heterocycles. The number of urea groups is 1. The summed E-state index contributed by atoms with van der Waals surface area (Å²) in [5.74, 6) is 0.100. The molecule has 1 rings (SSSR count). The van der Waals surface area contributed by atoms with Gasteiger partial charge < -0.3 is 10.1 Å². The van der Waals surface area contributed by atoms with Crippen molar-refractivity contribution in [2.24, 2.45) is 5.92 Å². The van der Waals surface area contributed by atoms with E-state index in [0.29, 0.717) is 25.6 Å². The number of hydrogen-bond acceptors (Lipinski definition) is 3.